The quantitative estimate of drug-likeness (QED) is 0.706. The van der Waals surface area contributed by atoms with E-state index in [4.69, 9.17) is 0 Å². The summed E-state index contributed by atoms with van der Waals surface area (Å²) in [7, 11) is 3.84. The van der Waals surface area contributed by atoms with E-state index in [-0.39, 0.29) is 0 Å². The fraction of sp³-hybridized carbons (Fsp3) is 0.727. The maximum Gasteiger partial charge on any atom is 0.330 e. The SMILES string of the molecule is CN(C)CCCN1C(=O)NC(=O)C(C)(C)C1=O. The standard InChI is InChI=1S/C11H19N3O3/c1-11(2)8(15)12-10(17)14(9(11)16)7-5-6-13(3)4/h5-7H2,1-4H3,(H,12,15,17). The van der Waals surface area contributed by atoms with Gasteiger partial charge in [-0.1, -0.05) is 0 Å². The van der Waals surface area contributed by atoms with Gasteiger partial charge in [0.25, 0.3) is 0 Å². The zero-order valence-electron chi connectivity index (χ0n) is 10.7. The van der Waals surface area contributed by atoms with Gasteiger partial charge in [0.1, 0.15) is 5.41 Å². The van der Waals surface area contributed by atoms with Gasteiger partial charge in [0.2, 0.25) is 11.8 Å². The molecule has 1 rings (SSSR count). The van der Waals surface area contributed by atoms with Gasteiger partial charge in [0.15, 0.2) is 0 Å². The molecule has 96 valence electrons. The molecule has 1 N–H and O–H groups in total. The molecule has 17 heavy (non-hydrogen) atoms. The Kier molecular flexibility index (Phi) is 3.87. The molecule has 0 radical (unpaired) electrons. The third kappa shape index (κ3) is 2.82. The van der Waals surface area contributed by atoms with Crippen LogP contribution in [0.15, 0.2) is 0 Å². The van der Waals surface area contributed by atoms with E-state index in [9.17, 15) is 14.4 Å². The number of amides is 4. The molecule has 0 aromatic carbocycles. The molecule has 1 saturated heterocycles. The van der Waals surface area contributed by atoms with Crippen molar-refractivity contribution in [1.82, 2.24) is 15.1 Å². The average molecular weight is 241 g/mol. The minimum absolute atomic E-state index is 0.333. The maximum absolute atomic E-state index is 12.0. The van der Waals surface area contributed by atoms with Gasteiger partial charge in [-0.15, -0.1) is 0 Å². The van der Waals surface area contributed by atoms with E-state index in [0.29, 0.717) is 13.0 Å². The van der Waals surface area contributed by atoms with Crippen LogP contribution in [0.1, 0.15) is 20.3 Å². The highest BCUT2D eigenvalue weighted by molar-refractivity contribution is 6.18. The van der Waals surface area contributed by atoms with Gasteiger partial charge in [-0.05, 0) is 40.9 Å². The summed E-state index contributed by atoms with van der Waals surface area (Å²) in [5, 5.41) is 2.20. The van der Waals surface area contributed by atoms with Crippen LogP contribution in [0.2, 0.25) is 0 Å². The second kappa shape index (κ2) is 4.83. The summed E-state index contributed by atoms with van der Waals surface area (Å²) in [4.78, 5) is 38.1. The van der Waals surface area contributed by atoms with Gasteiger partial charge < -0.3 is 4.90 Å². The molecular weight excluding hydrogens is 222 g/mol. The lowest BCUT2D eigenvalue weighted by Crippen LogP contribution is -2.62. The van der Waals surface area contributed by atoms with Crippen molar-refractivity contribution in [3.05, 3.63) is 0 Å². The van der Waals surface area contributed by atoms with Crippen LogP contribution >= 0.6 is 0 Å². The lowest BCUT2D eigenvalue weighted by atomic mass is 9.89. The minimum Gasteiger partial charge on any atom is -0.309 e. The van der Waals surface area contributed by atoms with E-state index in [1.807, 2.05) is 19.0 Å². The first-order valence-corrected chi connectivity index (χ1v) is 5.59. The van der Waals surface area contributed by atoms with Crippen LogP contribution in [0, 0.1) is 5.41 Å². The average Bonchev–Trinajstić information content (AvgIpc) is 2.20. The van der Waals surface area contributed by atoms with Gasteiger partial charge in [0, 0.05) is 6.54 Å². The first-order chi connectivity index (χ1) is 7.76. The third-order valence-corrected chi connectivity index (χ3v) is 2.80. The molecule has 1 aliphatic heterocycles. The molecule has 0 saturated carbocycles. The van der Waals surface area contributed by atoms with E-state index in [1.54, 1.807) is 0 Å². The number of carbonyl (C=O) groups is 3. The van der Waals surface area contributed by atoms with Crippen molar-refractivity contribution in [1.29, 1.82) is 0 Å². The Morgan fingerprint density at radius 2 is 1.82 bits per heavy atom. The van der Waals surface area contributed by atoms with Crippen LogP contribution in [0.25, 0.3) is 0 Å². The summed E-state index contributed by atoms with van der Waals surface area (Å²) in [6, 6.07) is -0.613. The van der Waals surface area contributed by atoms with E-state index in [1.165, 1.54) is 13.8 Å². The molecular formula is C11H19N3O3. The first-order valence-electron chi connectivity index (χ1n) is 5.59. The number of barbiturate groups is 1. The predicted octanol–water partition coefficient (Wildman–Crippen LogP) is 0.0427. The second-order valence-corrected chi connectivity index (χ2v) is 5.00. The molecule has 0 bridgehead atoms. The van der Waals surface area contributed by atoms with Crippen LogP contribution < -0.4 is 5.32 Å². The van der Waals surface area contributed by atoms with Crippen molar-refractivity contribution < 1.29 is 14.4 Å². The first kappa shape index (κ1) is 13.6. The van der Waals surface area contributed by atoms with Gasteiger partial charge in [-0.2, -0.15) is 0 Å². The van der Waals surface area contributed by atoms with E-state index >= 15 is 0 Å². The van der Waals surface area contributed by atoms with Gasteiger partial charge in [-0.3, -0.25) is 19.8 Å². The fourth-order valence-corrected chi connectivity index (χ4v) is 1.60. The maximum atomic E-state index is 12.0. The topological polar surface area (TPSA) is 69.7 Å². The molecule has 6 nitrogen and oxygen atoms in total. The lowest BCUT2D eigenvalue weighted by molar-refractivity contribution is -0.149. The molecule has 0 atom stereocenters. The molecule has 1 heterocycles. The smallest absolute Gasteiger partial charge is 0.309 e. The number of hydrogen-bond donors (Lipinski definition) is 1. The number of carbonyl (C=O) groups excluding carboxylic acids is 3. The number of hydrogen-bond acceptors (Lipinski definition) is 4. The van der Waals surface area contributed by atoms with E-state index in [2.05, 4.69) is 5.32 Å². The molecule has 0 aromatic rings. The zero-order valence-corrected chi connectivity index (χ0v) is 10.7. The lowest BCUT2D eigenvalue weighted by Gasteiger charge is -2.34. The Morgan fingerprint density at radius 3 is 2.35 bits per heavy atom. The van der Waals surface area contributed by atoms with Crippen molar-refractivity contribution in [2.45, 2.75) is 20.3 Å². The van der Waals surface area contributed by atoms with Crippen LogP contribution in [-0.2, 0) is 9.59 Å². The van der Waals surface area contributed by atoms with Gasteiger partial charge in [0.05, 0.1) is 0 Å². The molecule has 0 spiro atoms. The van der Waals surface area contributed by atoms with Crippen molar-refractivity contribution in [2.24, 2.45) is 5.41 Å². The molecule has 6 heteroatoms. The number of nitrogens with one attached hydrogen (secondary N) is 1. The Labute approximate surface area is 101 Å². The zero-order chi connectivity index (χ0) is 13.2. The summed E-state index contributed by atoms with van der Waals surface area (Å²) in [5.74, 6) is -0.957. The monoisotopic (exact) mass is 241 g/mol. The normalized spacial score (nSPS) is 19.8. The van der Waals surface area contributed by atoms with Crippen molar-refractivity contribution in [2.75, 3.05) is 27.2 Å². The predicted molar refractivity (Wildman–Crippen MR) is 62.2 cm³/mol. The Balaban J connectivity index is 2.68. The molecule has 0 aliphatic carbocycles. The highest BCUT2D eigenvalue weighted by atomic mass is 16.2. The molecule has 4 amide bonds. The summed E-state index contributed by atoms with van der Waals surface area (Å²) >= 11 is 0. The van der Waals surface area contributed by atoms with Crippen molar-refractivity contribution in [3.8, 4) is 0 Å². The molecule has 1 aliphatic rings. The van der Waals surface area contributed by atoms with Gasteiger partial charge >= 0.3 is 6.03 Å². The Morgan fingerprint density at radius 1 is 1.24 bits per heavy atom. The molecule has 1 fully saturated rings. The highest BCUT2D eigenvalue weighted by Gasteiger charge is 2.46. The summed E-state index contributed by atoms with van der Waals surface area (Å²) in [5.41, 5.74) is -1.16. The largest absolute Gasteiger partial charge is 0.330 e. The van der Waals surface area contributed by atoms with Crippen LogP contribution in [-0.4, -0.2) is 54.8 Å². The van der Waals surface area contributed by atoms with Crippen LogP contribution in [0.5, 0.6) is 0 Å². The van der Waals surface area contributed by atoms with Crippen LogP contribution in [0.3, 0.4) is 0 Å². The fourth-order valence-electron chi connectivity index (χ4n) is 1.60. The second-order valence-electron chi connectivity index (χ2n) is 5.00. The number of urea groups is 1. The Bertz CT molecular complexity index is 350. The summed E-state index contributed by atoms with van der Waals surface area (Å²) in [6.45, 7) is 4.16. The van der Waals surface area contributed by atoms with Crippen molar-refractivity contribution >= 4 is 17.8 Å². The van der Waals surface area contributed by atoms with Crippen LogP contribution in [0.4, 0.5) is 4.79 Å². The summed E-state index contributed by atoms with van der Waals surface area (Å²) < 4.78 is 0. The molecule has 0 unspecified atom stereocenters. The minimum atomic E-state index is -1.16. The van der Waals surface area contributed by atoms with Crippen molar-refractivity contribution in [3.63, 3.8) is 0 Å². The summed E-state index contributed by atoms with van der Waals surface area (Å²) in [6.07, 6.45) is 0.691. The third-order valence-electron chi connectivity index (χ3n) is 2.80. The Hall–Kier alpha value is -1.43. The molecule has 0 aromatic heterocycles. The number of rotatable bonds is 4. The van der Waals surface area contributed by atoms with E-state index in [0.717, 1.165) is 11.4 Å². The highest BCUT2D eigenvalue weighted by Crippen LogP contribution is 2.23. The number of nitrogens with zero attached hydrogens (tertiary/aromatic N) is 2. The van der Waals surface area contributed by atoms with E-state index < -0.39 is 23.3 Å². The number of imide groups is 2. The van der Waals surface area contributed by atoms with Gasteiger partial charge in [-0.25, -0.2) is 4.79 Å².